The third-order valence-electron chi connectivity index (χ3n) is 2.04. The molecule has 0 aliphatic rings. The summed E-state index contributed by atoms with van der Waals surface area (Å²) in [6, 6.07) is 0. The van der Waals surface area contributed by atoms with E-state index in [2.05, 4.69) is 4.98 Å². The van der Waals surface area contributed by atoms with Crippen molar-refractivity contribution in [1.29, 1.82) is 0 Å². The number of rotatable bonds is 5. The van der Waals surface area contributed by atoms with Crippen molar-refractivity contribution in [2.75, 3.05) is 13.7 Å². The second-order valence-electron chi connectivity index (χ2n) is 3.42. The molecule has 5 heteroatoms. The first-order valence-electron chi connectivity index (χ1n) is 4.89. The molecule has 0 atom stereocenters. The Bertz CT molecular complexity index is 325. The van der Waals surface area contributed by atoms with Gasteiger partial charge in [0.25, 0.3) is 0 Å². The molecule has 0 saturated heterocycles. The number of aliphatic hydroxyl groups is 1. The summed E-state index contributed by atoms with van der Waals surface area (Å²) in [6.45, 7) is 2.62. The van der Waals surface area contributed by atoms with E-state index in [0.717, 1.165) is 9.88 Å². The number of nitrogens with zero attached hydrogens (tertiary/aromatic N) is 2. The molecular formula is C10H16N2O2S. The van der Waals surface area contributed by atoms with Gasteiger partial charge < -0.3 is 10.0 Å². The molecule has 0 unspecified atom stereocenters. The first-order valence-corrected chi connectivity index (χ1v) is 5.71. The maximum Gasteiger partial charge on any atom is 0.222 e. The van der Waals surface area contributed by atoms with Gasteiger partial charge in [-0.05, 0) is 13.3 Å². The smallest absolute Gasteiger partial charge is 0.222 e. The second-order valence-corrected chi connectivity index (χ2v) is 4.74. The van der Waals surface area contributed by atoms with Crippen LogP contribution >= 0.6 is 11.3 Å². The van der Waals surface area contributed by atoms with E-state index in [1.165, 1.54) is 0 Å². The molecule has 0 bridgehead atoms. The average molecular weight is 228 g/mol. The fraction of sp³-hybridized carbons (Fsp3) is 0.600. The van der Waals surface area contributed by atoms with Gasteiger partial charge in [-0.1, -0.05) is 0 Å². The van der Waals surface area contributed by atoms with E-state index in [9.17, 15) is 4.79 Å². The zero-order valence-corrected chi connectivity index (χ0v) is 9.88. The molecular weight excluding hydrogens is 212 g/mol. The van der Waals surface area contributed by atoms with Crippen LogP contribution in [0.5, 0.6) is 0 Å². The summed E-state index contributed by atoms with van der Waals surface area (Å²) < 4.78 is 0. The molecule has 0 aliphatic carbocycles. The summed E-state index contributed by atoms with van der Waals surface area (Å²) in [5, 5.41) is 9.63. The van der Waals surface area contributed by atoms with Gasteiger partial charge in [0.2, 0.25) is 5.91 Å². The van der Waals surface area contributed by atoms with Crippen molar-refractivity contribution in [3.8, 4) is 0 Å². The van der Waals surface area contributed by atoms with Crippen molar-refractivity contribution in [2.45, 2.75) is 26.3 Å². The van der Waals surface area contributed by atoms with Gasteiger partial charge in [0.05, 0.1) is 11.6 Å². The number of amides is 1. The number of hydrogen-bond donors (Lipinski definition) is 1. The highest BCUT2D eigenvalue weighted by Crippen LogP contribution is 2.13. The Kier molecular flexibility index (Phi) is 4.71. The van der Waals surface area contributed by atoms with E-state index >= 15 is 0 Å². The van der Waals surface area contributed by atoms with E-state index in [-0.39, 0.29) is 12.5 Å². The first-order chi connectivity index (χ1) is 7.13. The molecule has 0 aromatic carbocycles. The van der Waals surface area contributed by atoms with Crippen LogP contribution in [0.15, 0.2) is 6.20 Å². The maximum absolute atomic E-state index is 11.5. The predicted molar refractivity (Wildman–Crippen MR) is 59.6 cm³/mol. The number of carbonyl (C=O) groups excluding carboxylic acids is 1. The summed E-state index contributed by atoms with van der Waals surface area (Å²) in [7, 11) is 1.77. The average Bonchev–Trinajstić information content (AvgIpc) is 2.60. The molecule has 0 radical (unpaired) electrons. The van der Waals surface area contributed by atoms with Crippen LogP contribution in [0, 0.1) is 6.92 Å². The molecule has 1 N–H and O–H groups in total. The van der Waals surface area contributed by atoms with Crippen molar-refractivity contribution < 1.29 is 9.90 Å². The van der Waals surface area contributed by atoms with Gasteiger partial charge in [-0.15, -0.1) is 11.3 Å². The summed E-state index contributed by atoms with van der Waals surface area (Å²) in [4.78, 5) is 18.4. The highest BCUT2D eigenvalue weighted by molar-refractivity contribution is 7.11. The van der Waals surface area contributed by atoms with Gasteiger partial charge >= 0.3 is 0 Å². The lowest BCUT2D eigenvalue weighted by Gasteiger charge is -2.15. The number of carbonyl (C=O) groups is 1. The van der Waals surface area contributed by atoms with Gasteiger partial charge in [0, 0.05) is 31.1 Å². The molecule has 4 nitrogen and oxygen atoms in total. The molecule has 15 heavy (non-hydrogen) atoms. The summed E-state index contributed by atoms with van der Waals surface area (Å²) in [5.41, 5.74) is 0. The van der Waals surface area contributed by atoms with Crippen molar-refractivity contribution in [3.63, 3.8) is 0 Å². The quantitative estimate of drug-likeness (QED) is 0.823. The molecule has 0 saturated carbocycles. The van der Waals surface area contributed by atoms with Crippen molar-refractivity contribution in [2.24, 2.45) is 0 Å². The summed E-state index contributed by atoms with van der Waals surface area (Å²) in [5.74, 6) is 0.0649. The van der Waals surface area contributed by atoms with Gasteiger partial charge in [-0.25, -0.2) is 4.98 Å². The fourth-order valence-corrected chi connectivity index (χ4v) is 2.07. The molecule has 0 spiro atoms. The normalized spacial score (nSPS) is 10.3. The van der Waals surface area contributed by atoms with Gasteiger partial charge in [0.15, 0.2) is 0 Å². The zero-order valence-electron chi connectivity index (χ0n) is 9.06. The minimum Gasteiger partial charge on any atom is -0.396 e. The number of thiazole rings is 1. The van der Waals surface area contributed by atoms with E-state index in [0.29, 0.717) is 19.4 Å². The number of aromatic nitrogens is 1. The van der Waals surface area contributed by atoms with Gasteiger partial charge in [0.1, 0.15) is 0 Å². The van der Waals surface area contributed by atoms with Crippen LogP contribution in [-0.4, -0.2) is 34.6 Å². The van der Waals surface area contributed by atoms with E-state index in [1.54, 1.807) is 29.5 Å². The highest BCUT2D eigenvalue weighted by atomic mass is 32.1. The topological polar surface area (TPSA) is 53.4 Å². The zero-order chi connectivity index (χ0) is 11.3. The Morgan fingerprint density at radius 2 is 2.40 bits per heavy atom. The molecule has 0 fully saturated rings. The van der Waals surface area contributed by atoms with Crippen LogP contribution in [-0.2, 0) is 11.3 Å². The standard InChI is InChI=1S/C10H16N2O2S/c1-8-11-6-9(15-8)7-12(2)10(14)4-3-5-13/h6,13H,3-5,7H2,1-2H3. The molecule has 1 aromatic rings. The van der Waals surface area contributed by atoms with Gasteiger partial charge in [-0.2, -0.15) is 0 Å². The highest BCUT2D eigenvalue weighted by Gasteiger charge is 2.09. The van der Waals surface area contributed by atoms with Crippen molar-refractivity contribution >= 4 is 17.2 Å². The number of aliphatic hydroxyl groups excluding tert-OH is 1. The summed E-state index contributed by atoms with van der Waals surface area (Å²) >= 11 is 1.60. The van der Waals surface area contributed by atoms with Crippen LogP contribution in [0.2, 0.25) is 0 Å². The Labute approximate surface area is 93.6 Å². The minimum atomic E-state index is 0.0649. The number of hydrogen-bond acceptors (Lipinski definition) is 4. The van der Waals surface area contributed by atoms with Gasteiger partial charge in [-0.3, -0.25) is 4.79 Å². The molecule has 1 heterocycles. The molecule has 1 rings (SSSR count). The SMILES string of the molecule is Cc1ncc(CN(C)C(=O)CCCO)s1. The fourth-order valence-electron chi connectivity index (χ4n) is 1.22. The molecule has 1 aromatic heterocycles. The third kappa shape index (κ3) is 3.97. The molecule has 84 valence electrons. The molecule has 1 amide bonds. The Hall–Kier alpha value is -0.940. The lowest BCUT2D eigenvalue weighted by molar-refractivity contribution is -0.130. The first kappa shape index (κ1) is 12.1. The van der Waals surface area contributed by atoms with Crippen LogP contribution in [0.3, 0.4) is 0 Å². The van der Waals surface area contributed by atoms with Crippen molar-refractivity contribution in [3.05, 3.63) is 16.1 Å². The lowest BCUT2D eigenvalue weighted by atomic mass is 10.3. The Morgan fingerprint density at radius 1 is 1.67 bits per heavy atom. The Morgan fingerprint density at radius 3 is 2.93 bits per heavy atom. The minimum absolute atomic E-state index is 0.0649. The second kappa shape index (κ2) is 5.82. The summed E-state index contributed by atoms with van der Waals surface area (Å²) in [6.07, 6.45) is 2.74. The van der Waals surface area contributed by atoms with E-state index in [4.69, 9.17) is 5.11 Å². The largest absolute Gasteiger partial charge is 0.396 e. The monoisotopic (exact) mass is 228 g/mol. The maximum atomic E-state index is 11.5. The van der Waals surface area contributed by atoms with Crippen LogP contribution in [0.4, 0.5) is 0 Å². The third-order valence-corrected chi connectivity index (χ3v) is 2.93. The van der Waals surface area contributed by atoms with Crippen LogP contribution in [0.25, 0.3) is 0 Å². The van der Waals surface area contributed by atoms with E-state index < -0.39 is 0 Å². The Balaban J connectivity index is 2.41. The predicted octanol–water partition coefficient (Wildman–Crippen LogP) is 1.18. The lowest BCUT2D eigenvalue weighted by Crippen LogP contribution is -2.25. The molecule has 0 aliphatic heterocycles. The number of aryl methyl sites for hydroxylation is 1. The van der Waals surface area contributed by atoms with E-state index in [1.807, 2.05) is 6.92 Å². The van der Waals surface area contributed by atoms with Crippen molar-refractivity contribution in [1.82, 2.24) is 9.88 Å². The van der Waals surface area contributed by atoms with Crippen LogP contribution < -0.4 is 0 Å². The van der Waals surface area contributed by atoms with Crippen LogP contribution in [0.1, 0.15) is 22.7 Å².